The van der Waals surface area contributed by atoms with E-state index in [-0.39, 0.29) is 37.1 Å². The van der Waals surface area contributed by atoms with Crippen molar-refractivity contribution in [2.24, 2.45) is 17.8 Å². The number of fused-ring (bicyclic) bond motifs is 3. The SMILES string of the molecule is COc1ccc2c(O[C@@H]3C[C@H]4C(=O)N[C@]5(C(=O)NS(=O)(=O)C6CC6)C[C@@H]5/C=C\CCCCN(C)C(=O)[C@@H]4C3)nc(-c3csc(NC(C)C)n3)cc2c1. The number of rotatable bonds is 9. The molecule has 1 aliphatic heterocycles. The van der Waals surface area contributed by atoms with Gasteiger partial charge in [0.05, 0.1) is 29.9 Å². The van der Waals surface area contributed by atoms with Crippen LogP contribution in [0.3, 0.4) is 0 Å². The molecule has 13 nitrogen and oxygen atoms in total. The molecule has 4 aliphatic rings. The molecule has 3 N–H and O–H groups in total. The molecule has 3 aliphatic carbocycles. The average molecular weight is 751 g/mol. The number of nitrogens with zero attached hydrogens (tertiary/aromatic N) is 3. The Labute approximate surface area is 308 Å². The number of hydrogen-bond acceptors (Lipinski definition) is 11. The molecule has 0 spiro atoms. The van der Waals surface area contributed by atoms with E-state index in [4.69, 9.17) is 19.4 Å². The minimum absolute atomic E-state index is 0.162. The lowest BCUT2D eigenvalue weighted by molar-refractivity contribution is -0.140. The fourth-order valence-corrected chi connectivity index (χ4v) is 9.52. The molecule has 3 saturated carbocycles. The van der Waals surface area contributed by atoms with Gasteiger partial charge in [-0.25, -0.2) is 18.4 Å². The van der Waals surface area contributed by atoms with Gasteiger partial charge in [-0.3, -0.25) is 19.1 Å². The van der Waals surface area contributed by atoms with Crippen LogP contribution in [-0.4, -0.2) is 84.6 Å². The Balaban J connectivity index is 1.19. The first-order chi connectivity index (χ1) is 24.9. The fraction of sp³-hybridized carbons (Fsp3) is 0.541. The van der Waals surface area contributed by atoms with Crippen molar-refractivity contribution in [3.05, 3.63) is 41.8 Å². The Hall–Kier alpha value is -4.24. The maximum absolute atomic E-state index is 14.2. The van der Waals surface area contributed by atoms with Gasteiger partial charge < -0.3 is 25.0 Å². The van der Waals surface area contributed by atoms with Gasteiger partial charge in [0.2, 0.25) is 27.7 Å². The van der Waals surface area contributed by atoms with E-state index in [0.717, 1.165) is 35.2 Å². The number of aromatic nitrogens is 2. The first-order valence-corrected chi connectivity index (χ1v) is 20.5. The zero-order valence-corrected chi connectivity index (χ0v) is 31.5. The van der Waals surface area contributed by atoms with E-state index < -0.39 is 50.6 Å². The van der Waals surface area contributed by atoms with E-state index in [1.54, 1.807) is 19.1 Å². The molecule has 0 saturated heterocycles. The summed E-state index contributed by atoms with van der Waals surface area (Å²) in [4.78, 5) is 53.2. The Morgan fingerprint density at radius 2 is 1.88 bits per heavy atom. The van der Waals surface area contributed by atoms with Crippen molar-refractivity contribution in [2.75, 3.05) is 26.0 Å². The predicted octanol–water partition coefficient (Wildman–Crippen LogP) is 4.64. The molecule has 15 heteroatoms. The molecule has 0 unspecified atom stereocenters. The highest BCUT2D eigenvalue weighted by Crippen LogP contribution is 2.47. The van der Waals surface area contributed by atoms with Gasteiger partial charge in [0.15, 0.2) is 5.13 Å². The number of thiazole rings is 1. The van der Waals surface area contributed by atoms with Gasteiger partial charge in [-0.2, -0.15) is 0 Å². The van der Waals surface area contributed by atoms with Crippen molar-refractivity contribution in [1.29, 1.82) is 0 Å². The highest BCUT2D eigenvalue weighted by molar-refractivity contribution is 7.91. The number of carbonyl (C=O) groups is 3. The Morgan fingerprint density at radius 3 is 2.63 bits per heavy atom. The van der Waals surface area contributed by atoms with Crippen molar-refractivity contribution < 1.29 is 32.3 Å². The molecule has 3 heterocycles. The lowest BCUT2D eigenvalue weighted by Gasteiger charge is -2.26. The second-order valence-electron chi connectivity index (χ2n) is 14.8. The van der Waals surface area contributed by atoms with Crippen LogP contribution < -0.4 is 24.8 Å². The summed E-state index contributed by atoms with van der Waals surface area (Å²) >= 11 is 1.48. The largest absolute Gasteiger partial charge is 0.497 e. The minimum atomic E-state index is -3.83. The van der Waals surface area contributed by atoms with Crippen LogP contribution in [0.1, 0.15) is 65.2 Å². The minimum Gasteiger partial charge on any atom is -0.497 e. The highest BCUT2D eigenvalue weighted by Gasteiger charge is 2.62. The van der Waals surface area contributed by atoms with E-state index >= 15 is 0 Å². The summed E-state index contributed by atoms with van der Waals surface area (Å²) in [5.41, 5.74) is -0.116. The third-order valence-corrected chi connectivity index (χ3v) is 13.0. The number of carbonyl (C=O) groups excluding carboxylic acids is 3. The van der Waals surface area contributed by atoms with Crippen LogP contribution in [0.2, 0.25) is 0 Å². The highest BCUT2D eigenvalue weighted by atomic mass is 32.2. The third kappa shape index (κ3) is 7.47. The summed E-state index contributed by atoms with van der Waals surface area (Å²) < 4.78 is 39.9. The zero-order valence-electron chi connectivity index (χ0n) is 29.9. The quantitative estimate of drug-likeness (QED) is 0.262. The second-order valence-corrected chi connectivity index (χ2v) is 17.6. The topological polar surface area (TPSA) is 169 Å². The van der Waals surface area contributed by atoms with E-state index in [1.165, 1.54) is 11.3 Å². The number of nitrogens with one attached hydrogen (secondary N) is 3. The summed E-state index contributed by atoms with van der Waals surface area (Å²) in [5, 5.41) is 9.97. The van der Waals surface area contributed by atoms with Gasteiger partial charge in [-0.05, 0) is 94.9 Å². The van der Waals surface area contributed by atoms with E-state index in [0.29, 0.717) is 42.4 Å². The van der Waals surface area contributed by atoms with Gasteiger partial charge in [0.25, 0.3) is 5.91 Å². The monoisotopic (exact) mass is 750 g/mol. The maximum atomic E-state index is 14.2. The molecule has 3 amide bonds. The van der Waals surface area contributed by atoms with Crippen molar-refractivity contribution in [2.45, 2.75) is 88.1 Å². The van der Waals surface area contributed by atoms with Crippen LogP contribution in [0, 0.1) is 17.8 Å². The summed E-state index contributed by atoms with van der Waals surface area (Å²) in [6.07, 6.45) is 7.47. The molecule has 0 radical (unpaired) electrons. The van der Waals surface area contributed by atoms with Crippen LogP contribution in [-0.2, 0) is 24.4 Å². The summed E-state index contributed by atoms with van der Waals surface area (Å²) in [7, 11) is -0.472. The number of amides is 3. The molecule has 1 aromatic carbocycles. The standard InChI is InChI=1S/C37H46N6O7S2/c1-21(2)38-36-40-31(20-51-36)30-16-22-15-24(49-4)10-13-27(22)33(39-30)50-25-17-28-29(18-25)34(45)43(3)14-8-6-5-7-9-23-19-37(23,41-32(28)44)35(46)42-52(47,48)26-11-12-26/h7,9-10,13,15-16,20-21,23,25-26,28-29H,5-6,8,11-12,14,17-19H2,1-4H3,(H,38,40)(H,41,44)(H,42,46)/b9-7-/t23-,25+,28+,29+,37+/m0/s1. The Bertz CT molecular complexity index is 2010. The molecule has 3 fully saturated rings. The number of methoxy groups -OCH3 is 1. The lowest BCUT2D eigenvalue weighted by Crippen LogP contribution is -2.54. The molecular formula is C37H46N6O7S2. The Kier molecular flexibility index (Phi) is 9.93. The summed E-state index contributed by atoms with van der Waals surface area (Å²) in [6, 6.07) is 7.76. The van der Waals surface area contributed by atoms with Crippen LogP contribution in [0.25, 0.3) is 22.2 Å². The van der Waals surface area contributed by atoms with Crippen LogP contribution >= 0.6 is 11.3 Å². The summed E-state index contributed by atoms with van der Waals surface area (Å²) in [5.74, 6) is -2.20. The zero-order chi connectivity index (χ0) is 36.8. The van der Waals surface area contributed by atoms with Crippen LogP contribution in [0.15, 0.2) is 41.8 Å². The molecule has 7 rings (SSSR count). The number of pyridine rings is 1. The molecule has 52 heavy (non-hydrogen) atoms. The van der Waals surface area contributed by atoms with Gasteiger partial charge >= 0.3 is 0 Å². The lowest BCUT2D eigenvalue weighted by atomic mass is 9.93. The molecular weight excluding hydrogens is 705 g/mol. The second kappa shape index (κ2) is 14.3. The molecule has 2 aromatic heterocycles. The summed E-state index contributed by atoms with van der Waals surface area (Å²) in [6.45, 7) is 4.64. The number of sulfonamides is 1. The number of anilines is 1. The average Bonchev–Trinajstić information content (AvgIpc) is 3.99. The number of hydrogen-bond donors (Lipinski definition) is 3. The maximum Gasteiger partial charge on any atom is 0.259 e. The van der Waals surface area contributed by atoms with Gasteiger partial charge in [0.1, 0.15) is 23.1 Å². The van der Waals surface area contributed by atoms with E-state index in [1.807, 2.05) is 55.6 Å². The van der Waals surface area contributed by atoms with Crippen molar-refractivity contribution in [1.82, 2.24) is 24.9 Å². The number of benzene rings is 1. The van der Waals surface area contributed by atoms with Gasteiger partial charge in [0, 0.05) is 36.3 Å². The first-order valence-electron chi connectivity index (χ1n) is 18.0. The molecule has 0 bridgehead atoms. The van der Waals surface area contributed by atoms with Crippen LogP contribution in [0.4, 0.5) is 5.13 Å². The van der Waals surface area contributed by atoms with E-state index in [2.05, 4.69) is 15.4 Å². The smallest absolute Gasteiger partial charge is 0.259 e. The normalized spacial score (nSPS) is 27.3. The number of allylic oxidation sites excluding steroid dienone is 1. The van der Waals surface area contributed by atoms with Crippen molar-refractivity contribution in [3.63, 3.8) is 0 Å². The first kappa shape index (κ1) is 36.1. The number of ether oxygens (including phenoxy) is 2. The third-order valence-electron chi connectivity index (χ3n) is 10.5. The molecule has 3 aromatic rings. The molecule has 5 atom stereocenters. The van der Waals surface area contributed by atoms with Crippen molar-refractivity contribution >= 4 is 55.0 Å². The predicted molar refractivity (Wildman–Crippen MR) is 198 cm³/mol. The molecule has 278 valence electrons. The Morgan fingerprint density at radius 1 is 1.10 bits per heavy atom. The fourth-order valence-electron chi connectivity index (χ4n) is 7.31. The van der Waals surface area contributed by atoms with E-state index in [9.17, 15) is 22.8 Å². The van der Waals surface area contributed by atoms with Crippen LogP contribution in [0.5, 0.6) is 11.6 Å². The van der Waals surface area contributed by atoms with Crippen molar-refractivity contribution in [3.8, 4) is 23.0 Å². The van der Waals surface area contributed by atoms with Gasteiger partial charge in [-0.15, -0.1) is 11.3 Å². The van der Waals surface area contributed by atoms with Gasteiger partial charge in [-0.1, -0.05) is 12.2 Å².